The van der Waals surface area contributed by atoms with E-state index in [2.05, 4.69) is 23.0 Å². The Morgan fingerprint density at radius 3 is 2.93 bits per heavy atom. The first-order valence-corrected chi connectivity index (χ1v) is 5.93. The molecule has 2 aliphatic rings. The highest BCUT2D eigenvalue weighted by Crippen LogP contribution is 2.32. The van der Waals surface area contributed by atoms with Crippen LogP contribution in [0.25, 0.3) is 0 Å². The van der Waals surface area contributed by atoms with Gasteiger partial charge in [0.15, 0.2) is 0 Å². The molecule has 2 rings (SSSR count). The summed E-state index contributed by atoms with van der Waals surface area (Å²) in [6.45, 7) is 3.62. The minimum absolute atomic E-state index is 0.736. The van der Waals surface area contributed by atoms with Gasteiger partial charge in [-0.1, -0.05) is 12.5 Å². The van der Waals surface area contributed by atoms with Crippen LogP contribution in [0, 0.1) is 5.92 Å². The first-order valence-electron chi connectivity index (χ1n) is 5.93. The Bertz CT molecular complexity index is 277. The van der Waals surface area contributed by atoms with Gasteiger partial charge in [0, 0.05) is 31.3 Å². The van der Waals surface area contributed by atoms with Crippen LogP contribution in [0.15, 0.2) is 16.6 Å². The van der Waals surface area contributed by atoms with Crippen LogP contribution in [0.5, 0.6) is 0 Å². The first-order chi connectivity index (χ1) is 7.31. The van der Waals surface area contributed by atoms with Crippen LogP contribution in [0.1, 0.15) is 19.3 Å². The van der Waals surface area contributed by atoms with E-state index in [1.165, 1.54) is 30.5 Å². The van der Waals surface area contributed by atoms with Crippen LogP contribution in [-0.4, -0.2) is 43.8 Å². The van der Waals surface area contributed by atoms with Gasteiger partial charge >= 0.3 is 0 Å². The van der Waals surface area contributed by atoms with E-state index in [1.807, 2.05) is 0 Å². The van der Waals surface area contributed by atoms with Gasteiger partial charge in [-0.05, 0) is 25.5 Å². The van der Waals surface area contributed by atoms with Crippen molar-refractivity contribution in [2.75, 3.05) is 33.2 Å². The lowest BCUT2D eigenvalue weighted by molar-refractivity contribution is 0.371. The third-order valence-corrected chi connectivity index (χ3v) is 3.37. The molecular weight excluding hydrogens is 186 g/mol. The van der Waals surface area contributed by atoms with Crippen molar-refractivity contribution < 1.29 is 0 Å². The molecule has 1 fully saturated rings. The van der Waals surface area contributed by atoms with Crippen molar-refractivity contribution in [1.29, 1.82) is 0 Å². The van der Waals surface area contributed by atoms with Crippen LogP contribution in [0.4, 0.5) is 0 Å². The standard InChI is InChI=1S/C12H21N3/c1-15(8-6-13)9-11-5-7-14-12(11)10-3-2-4-10/h5,10H,2-4,6-9,13H2,1H3. The molecule has 0 aromatic carbocycles. The zero-order chi connectivity index (χ0) is 10.7. The largest absolute Gasteiger partial charge is 0.329 e. The van der Waals surface area contributed by atoms with Gasteiger partial charge in [0.25, 0.3) is 0 Å². The minimum atomic E-state index is 0.736. The van der Waals surface area contributed by atoms with E-state index in [-0.39, 0.29) is 0 Å². The lowest BCUT2D eigenvalue weighted by Gasteiger charge is -2.28. The van der Waals surface area contributed by atoms with Crippen LogP contribution in [0.2, 0.25) is 0 Å². The van der Waals surface area contributed by atoms with Crippen LogP contribution < -0.4 is 5.73 Å². The van der Waals surface area contributed by atoms with Gasteiger partial charge < -0.3 is 10.6 Å². The van der Waals surface area contributed by atoms with Crippen molar-refractivity contribution in [3.8, 4) is 0 Å². The summed E-state index contributed by atoms with van der Waals surface area (Å²) in [6, 6.07) is 0. The van der Waals surface area contributed by atoms with E-state index in [9.17, 15) is 0 Å². The molecule has 3 heteroatoms. The fourth-order valence-electron chi connectivity index (χ4n) is 2.27. The number of hydrogen-bond acceptors (Lipinski definition) is 3. The molecule has 0 aromatic heterocycles. The van der Waals surface area contributed by atoms with E-state index in [4.69, 9.17) is 5.73 Å². The number of rotatable bonds is 5. The first kappa shape index (κ1) is 10.8. The van der Waals surface area contributed by atoms with Gasteiger partial charge in [0.05, 0.1) is 6.54 Å². The molecule has 15 heavy (non-hydrogen) atoms. The topological polar surface area (TPSA) is 41.6 Å². The highest BCUT2D eigenvalue weighted by molar-refractivity contribution is 6.04. The second kappa shape index (κ2) is 4.90. The number of likely N-dealkylation sites (N-methyl/N-ethyl adjacent to an activating group) is 1. The van der Waals surface area contributed by atoms with Crippen molar-refractivity contribution >= 4 is 5.71 Å². The number of nitrogens with two attached hydrogens (primary N) is 1. The summed E-state index contributed by atoms with van der Waals surface area (Å²) in [6.07, 6.45) is 6.35. The van der Waals surface area contributed by atoms with Gasteiger partial charge in [-0.15, -0.1) is 0 Å². The lowest BCUT2D eigenvalue weighted by atomic mass is 9.79. The van der Waals surface area contributed by atoms with E-state index < -0.39 is 0 Å². The van der Waals surface area contributed by atoms with E-state index in [1.54, 1.807) is 0 Å². The molecule has 1 aliphatic carbocycles. The number of aliphatic imine (C=N–C) groups is 1. The molecule has 2 N–H and O–H groups in total. The Morgan fingerprint density at radius 2 is 2.33 bits per heavy atom. The summed E-state index contributed by atoms with van der Waals surface area (Å²) < 4.78 is 0. The molecule has 3 nitrogen and oxygen atoms in total. The maximum absolute atomic E-state index is 5.54. The number of nitrogens with zero attached hydrogens (tertiary/aromatic N) is 2. The molecule has 0 saturated heterocycles. The third kappa shape index (κ3) is 2.47. The second-order valence-corrected chi connectivity index (χ2v) is 4.61. The summed E-state index contributed by atoms with van der Waals surface area (Å²) in [4.78, 5) is 6.90. The molecule has 0 radical (unpaired) electrons. The predicted molar refractivity (Wildman–Crippen MR) is 64.3 cm³/mol. The molecule has 0 amide bonds. The Kier molecular flexibility index (Phi) is 3.54. The molecule has 0 bridgehead atoms. The predicted octanol–water partition coefficient (Wildman–Crippen LogP) is 1.06. The average Bonchev–Trinajstić information content (AvgIpc) is 2.51. The molecule has 1 saturated carbocycles. The van der Waals surface area contributed by atoms with Crippen molar-refractivity contribution in [2.45, 2.75) is 19.3 Å². The van der Waals surface area contributed by atoms with Gasteiger partial charge in [-0.25, -0.2) is 0 Å². The van der Waals surface area contributed by atoms with Crippen molar-refractivity contribution in [3.05, 3.63) is 11.6 Å². The normalized spacial score (nSPS) is 21.5. The van der Waals surface area contributed by atoms with Gasteiger partial charge in [0.2, 0.25) is 0 Å². The summed E-state index contributed by atoms with van der Waals surface area (Å²) in [5, 5.41) is 0. The Morgan fingerprint density at radius 1 is 1.53 bits per heavy atom. The highest BCUT2D eigenvalue weighted by atomic mass is 15.1. The summed E-state index contributed by atoms with van der Waals surface area (Å²) in [5.41, 5.74) is 8.39. The van der Waals surface area contributed by atoms with E-state index >= 15 is 0 Å². The van der Waals surface area contributed by atoms with Crippen molar-refractivity contribution in [2.24, 2.45) is 16.6 Å². The van der Waals surface area contributed by atoms with Crippen LogP contribution >= 0.6 is 0 Å². The number of hydrogen-bond donors (Lipinski definition) is 1. The zero-order valence-electron chi connectivity index (χ0n) is 9.58. The van der Waals surface area contributed by atoms with Gasteiger partial charge in [0.1, 0.15) is 0 Å². The quantitative estimate of drug-likeness (QED) is 0.732. The fourth-order valence-corrected chi connectivity index (χ4v) is 2.27. The van der Waals surface area contributed by atoms with Crippen molar-refractivity contribution in [3.63, 3.8) is 0 Å². The molecule has 1 heterocycles. The summed E-state index contributed by atoms with van der Waals surface area (Å²) in [7, 11) is 2.13. The van der Waals surface area contributed by atoms with Crippen LogP contribution in [-0.2, 0) is 0 Å². The maximum Gasteiger partial charge on any atom is 0.0580 e. The zero-order valence-corrected chi connectivity index (χ0v) is 9.58. The Hall–Kier alpha value is -0.670. The third-order valence-electron chi connectivity index (χ3n) is 3.37. The molecule has 0 aromatic rings. The van der Waals surface area contributed by atoms with Gasteiger partial charge in [-0.3, -0.25) is 4.99 Å². The Labute approximate surface area is 92.0 Å². The second-order valence-electron chi connectivity index (χ2n) is 4.61. The summed E-state index contributed by atoms with van der Waals surface area (Å²) in [5.74, 6) is 0.769. The molecule has 0 atom stereocenters. The van der Waals surface area contributed by atoms with Crippen molar-refractivity contribution in [1.82, 2.24) is 4.90 Å². The molecular formula is C12H21N3. The Balaban J connectivity index is 1.88. The monoisotopic (exact) mass is 207 g/mol. The van der Waals surface area contributed by atoms with Gasteiger partial charge in [-0.2, -0.15) is 0 Å². The average molecular weight is 207 g/mol. The highest BCUT2D eigenvalue weighted by Gasteiger charge is 2.27. The van der Waals surface area contributed by atoms with E-state index in [0.29, 0.717) is 0 Å². The SMILES string of the molecule is CN(CCN)CC1=CCN=C1C1CCC1. The van der Waals surface area contributed by atoms with Crippen LogP contribution in [0.3, 0.4) is 0 Å². The minimum Gasteiger partial charge on any atom is -0.329 e. The molecule has 0 unspecified atom stereocenters. The maximum atomic E-state index is 5.54. The lowest BCUT2D eigenvalue weighted by Crippen LogP contribution is -2.31. The molecule has 1 aliphatic heterocycles. The molecule has 84 valence electrons. The van der Waals surface area contributed by atoms with E-state index in [0.717, 1.165) is 32.1 Å². The smallest absolute Gasteiger partial charge is 0.0580 e. The summed E-state index contributed by atoms with van der Waals surface area (Å²) >= 11 is 0. The fraction of sp³-hybridized carbons (Fsp3) is 0.750. The molecule has 0 spiro atoms.